The second-order valence-corrected chi connectivity index (χ2v) is 3.41. The zero-order valence-electron chi connectivity index (χ0n) is 7.54. The summed E-state index contributed by atoms with van der Waals surface area (Å²) in [6.07, 6.45) is -0.986. The standard InChI is InChI=1S/C10H11FO2/c1-5-3-7(11)4-8-9(12)6(2)13-10(5)8/h3-4,6,9,12H,1-2H3. The van der Waals surface area contributed by atoms with Crippen molar-refractivity contribution in [3.8, 4) is 5.75 Å². The number of hydrogen-bond donors (Lipinski definition) is 1. The average Bonchev–Trinajstić information content (AvgIpc) is 2.32. The Kier molecular flexibility index (Phi) is 1.77. The molecule has 0 amide bonds. The predicted octanol–water partition coefficient (Wildman–Crippen LogP) is 1.95. The van der Waals surface area contributed by atoms with Crippen molar-refractivity contribution in [2.45, 2.75) is 26.1 Å². The van der Waals surface area contributed by atoms with Gasteiger partial charge in [0.25, 0.3) is 0 Å². The Morgan fingerprint density at radius 2 is 2.15 bits per heavy atom. The number of ether oxygens (including phenoxy) is 1. The van der Waals surface area contributed by atoms with Crippen LogP contribution in [0, 0.1) is 12.7 Å². The minimum atomic E-state index is -0.704. The Morgan fingerprint density at radius 1 is 1.46 bits per heavy atom. The molecule has 0 spiro atoms. The minimum Gasteiger partial charge on any atom is -0.487 e. The van der Waals surface area contributed by atoms with Crippen molar-refractivity contribution in [1.29, 1.82) is 0 Å². The fourth-order valence-corrected chi connectivity index (χ4v) is 1.64. The van der Waals surface area contributed by atoms with Gasteiger partial charge in [-0.15, -0.1) is 0 Å². The SMILES string of the molecule is Cc1cc(F)cc2c1OC(C)C2O. The van der Waals surface area contributed by atoms with E-state index in [1.807, 2.05) is 0 Å². The summed E-state index contributed by atoms with van der Waals surface area (Å²) in [6.45, 7) is 3.54. The Labute approximate surface area is 76.0 Å². The molecule has 2 unspecified atom stereocenters. The molecule has 1 aliphatic rings. The number of aryl methyl sites for hydroxylation is 1. The van der Waals surface area contributed by atoms with E-state index in [0.29, 0.717) is 11.3 Å². The summed E-state index contributed by atoms with van der Waals surface area (Å²) in [5.74, 6) is 0.300. The van der Waals surface area contributed by atoms with Crippen LogP contribution in [0.4, 0.5) is 4.39 Å². The molecule has 13 heavy (non-hydrogen) atoms. The van der Waals surface area contributed by atoms with Crippen LogP contribution in [0.3, 0.4) is 0 Å². The fraction of sp³-hybridized carbons (Fsp3) is 0.400. The molecule has 0 saturated carbocycles. The van der Waals surface area contributed by atoms with Gasteiger partial charge in [0, 0.05) is 5.56 Å². The topological polar surface area (TPSA) is 29.5 Å². The second-order valence-electron chi connectivity index (χ2n) is 3.41. The van der Waals surface area contributed by atoms with E-state index in [9.17, 15) is 9.50 Å². The second kappa shape index (κ2) is 2.70. The lowest BCUT2D eigenvalue weighted by molar-refractivity contribution is 0.0793. The molecule has 70 valence electrons. The molecule has 0 fully saturated rings. The fourth-order valence-electron chi connectivity index (χ4n) is 1.64. The van der Waals surface area contributed by atoms with Crippen molar-refractivity contribution < 1.29 is 14.2 Å². The van der Waals surface area contributed by atoms with Crippen molar-refractivity contribution in [2.75, 3.05) is 0 Å². The number of aliphatic hydroxyl groups excluding tert-OH is 1. The van der Waals surface area contributed by atoms with E-state index in [1.165, 1.54) is 12.1 Å². The van der Waals surface area contributed by atoms with E-state index < -0.39 is 6.10 Å². The highest BCUT2D eigenvalue weighted by molar-refractivity contribution is 5.45. The van der Waals surface area contributed by atoms with Crippen LogP contribution in [-0.2, 0) is 0 Å². The molecule has 2 atom stereocenters. The van der Waals surface area contributed by atoms with Gasteiger partial charge < -0.3 is 9.84 Å². The van der Waals surface area contributed by atoms with Gasteiger partial charge in [-0.2, -0.15) is 0 Å². The summed E-state index contributed by atoms with van der Waals surface area (Å²) in [7, 11) is 0. The first-order valence-corrected chi connectivity index (χ1v) is 4.24. The van der Waals surface area contributed by atoms with Crippen molar-refractivity contribution in [3.63, 3.8) is 0 Å². The molecular formula is C10H11FO2. The molecule has 0 bridgehead atoms. The highest BCUT2D eigenvalue weighted by atomic mass is 19.1. The molecular weight excluding hydrogens is 171 g/mol. The maximum atomic E-state index is 13.0. The highest BCUT2D eigenvalue weighted by Gasteiger charge is 2.30. The molecule has 1 aliphatic heterocycles. The molecule has 1 N–H and O–H groups in total. The number of hydrogen-bond acceptors (Lipinski definition) is 2. The maximum absolute atomic E-state index is 13.0. The largest absolute Gasteiger partial charge is 0.487 e. The van der Waals surface area contributed by atoms with E-state index in [0.717, 1.165) is 5.56 Å². The first-order chi connectivity index (χ1) is 6.09. The molecule has 0 radical (unpaired) electrons. The van der Waals surface area contributed by atoms with E-state index in [4.69, 9.17) is 4.74 Å². The van der Waals surface area contributed by atoms with E-state index >= 15 is 0 Å². The van der Waals surface area contributed by atoms with Crippen LogP contribution in [0.2, 0.25) is 0 Å². The number of aliphatic hydroxyl groups is 1. The number of fused-ring (bicyclic) bond motifs is 1. The van der Waals surface area contributed by atoms with Crippen LogP contribution in [0.25, 0.3) is 0 Å². The van der Waals surface area contributed by atoms with Crippen LogP contribution in [0.5, 0.6) is 5.75 Å². The van der Waals surface area contributed by atoms with Gasteiger partial charge in [-0.1, -0.05) is 0 Å². The van der Waals surface area contributed by atoms with E-state index in [-0.39, 0.29) is 11.9 Å². The van der Waals surface area contributed by atoms with Gasteiger partial charge >= 0.3 is 0 Å². The van der Waals surface area contributed by atoms with Gasteiger partial charge in [0.2, 0.25) is 0 Å². The lowest BCUT2D eigenvalue weighted by Gasteiger charge is -2.06. The molecule has 2 nitrogen and oxygen atoms in total. The van der Waals surface area contributed by atoms with Crippen LogP contribution < -0.4 is 4.74 Å². The lowest BCUT2D eigenvalue weighted by Crippen LogP contribution is -2.12. The summed E-state index contributed by atoms with van der Waals surface area (Å²) < 4.78 is 18.3. The molecule has 1 aromatic carbocycles. The zero-order valence-corrected chi connectivity index (χ0v) is 7.54. The Bertz CT molecular complexity index is 349. The number of halogens is 1. The van der Waals surface area contributed by atoms with Gasteiger partial charge in [0.1, 0.15) is 23.8 Å². The normalized spacial score (nSPS) is 25.5. The molecule has 1 aromatic rings. The van der Waals surface area contributed by atoms with Gasteiger partial charge in [0.15, 0.2) is 0 Å². The molecule has 0 aliphatic carbocycles. The first kappa shape index (κ1) is 8.51. The molecule has 2 rings (SSSR count). The highest BCUT2D eigenvalue weighted by Crippen LogP contribution is 2.39. The monoisotopic (exact) mass is 182 g/mol. The average molecular weight is 182 g/mol. The van der Waals surface area contributed by atoms with Crippen LogP contribution in [-0.4, -0.2) is 11.2 Å². The summed E-state index contributed by atoms with van der Waals surface area (Å²) in [5.41, 5.74) is 1.29. The molecule has 3 heteroatoms. The third-order valence-corrected chi connectivity index (χ3v) is 2.34. The summed E-state index contributed by atoms with van der Waals surface area (Å²) in [6, 6.07) is 2.74. The van der Waals surface area contributed by atoms with Crippen LogP contribution in [0.1, 0.15) is 24.2 Å². The van der Waals surface area contributed by atoms with Gasteiger partial charge in [-0.05, 0) is 31.5 Å². The minimum absolute atomic E-state index is 0.282. The smallest absolute Gasteiger partial charge is 0.128 e. The summed E-state index contributed by atoms with van der Waals surface area (Å²) in [5, 5.41) is 9.61. The van der Waals surface area contributed by atoms with Gasteiger partial charge in [-0.25, -0.2) is 4.39 Å². The van der Waals surface area contributed by atoms with E-state index in [1.54, 1.807) is 13.8 Å². The first-order valence-electron chi connectivity index (χ1n) is 4.24. The van der Waals surface area contributed by atoms with Crippen molar-refractivity contribution in [2.24, 2.45) is 0 Å². The lowest BCUT2D eigenvalue weighted by atomic mass is 10.0. The van der Waals surface area contributed by atoms with E-state index in [2.05, 4.69) is 0 Å². The number of benzene rings is 1. The molecule has 0 aromatic heterocycles. The Hall–Kier alpha value is -1.09. The quantitative estimate of drug-likeness (QED) is 0.664. The predicted molar refractivity (Wildman–Crippen MR) is 46.2 cm³/mol. The van der Waals surface area contributed by atoms with Crippen molar-refractivity contribution in [3.05, 3.63) is 29.1 Å². The number of rotatable bonds is 0. The molecule has 0 saturated heterocycles. The van der Waals surface area contributed by atoms with Crippen molar-refractivity contribution >= 4 is 0 Å². The summed E-state index contributed by atoms with van der Waals surface area (Å²) in [4.78, 5) is 0. The van der Waals surface area contributed by atoms with Crippen LogP contribution in [0.15, 0.2) is 12.1 Å². The summed E-state index contributed by atoms with van der Waals surface area (Å²) >= 11 is 0. The Morgan fingerprint density at radius 3 is 2.85 bits per heavy atom. The maximum Gasteiger partial charge on any atom is 0.128 e. The van der Waals surface area contributed by atoms with Gasteiger partial charge in [-0.3, -0.25) is 0 Å². The van der Waals surface area contributed by atoms with Crippen LogP contribution >= 0.6 is 0 Å². The van der Waals surface area contributed by atoms with Gasteiger partial charge in [0.05, 0.1) is 0 Å². The molecule has 1 heterocycles. The Balaban J connectivity index is 2.57. The third-order valence-electron chi connectivity index (χ3n) is 2.34. The third kappa shape index (κ3) is 1.20. The van der Waals surface area contributed by atoms with Crippen molar-refractivity contribution in [1.82, 2.24) is 0 Å². The zero-order chi connectivity index (χ0) is 9.59.